The summed E-state index contributed by atoms with van der Waals surface area (Å²) < 4.78 is 37.6. The number of halogens is 1. The molecule has 0 saturated carbocycles. The standard InChI is InChI=1S/C34H35ClN7O7P/c1-39-30-29(31(43)40(2)34(39)45)42(33(35)36-30)19-27-18-41(38-37-27)20-28(47-21-24-12-6-3-7-13-24)32(44)50(46,48-22-25-14-8-4-9-15-25)49-23-26-16-10-5-11-17-26/h3-18,28,32,44H,19-23H2,1-2H3/t28-,32-/m0/s1. The van der Waals surface area contributed by atoms with Crippen LogP contribution < -0.4 is 11.2 Å². The molecule has 0 spiro atoms. The van der Waals surface area contributed by atoms with E-state index >= 15 is 0 Å². The van der Waals surface area contributed by atoms with E-state index < -0.39 is 30.8 Å². The molecule has 6 aromatic rings. The lowest BCUT2D eigenvalue weighted by Crippen LogP contribution is -2.37. The van der Waals surface area contributed by atoms with Crippen LogP contribution in [0.4, 0.5) is 0 Å². The Labute approximate surface area is 291 Å². The molecule has 3 aromatic heterocycles. The molecule has 14 nitrogen and oxygen atoms in total. The maximum absolute atomic E-state index is 14.5. The van der Waals surface area contributed by atoms with Crippen molar-refractivity contribution in [1.82, 2.24) is 33.7 Å². The number of aliphatic hydroxyl groups is 1. The molecule has 260 valence electrons. The van der Waals surface area contributed by atoms with Crippen LogP contribution in [0.2, 0.25) is 5.28 Å². The second kappa shape index (κ2) is 15.5. The van der Waals surface area contributed by atoms with Gasteiger partial charge in [0.15, 0.2) is 17.0 Å². The predicted molar refractivity (Wildman–Crippen MR) is 185 cm³/mol. The van der Waals surface area contributed by atoms with E-state index in [0.29, 0.717) is 5.69 Å². The smallest absolute Gasteiger partial charge is 0.362 e. The highest BCUT2D eigenvalue weighted by Gasteiger charge is 2.42. The molecule has 0 bridgehead atoms. The maximum Gasteiger partial charge on any atom is 0.362 e. The normalized spacial score (nSPS) is 13.1. The average molecular weight is 720 g/mol. The molecule has 6 rings (SSSR count). The SMILES string of the molecule is Cn1c(=O)c2c(nc(Cl)n2Cc2cn(C[C@H](OCc3ccccc3)[C@@H](O)P(=O)(OCc3ccccc3)OCc3ccccc3)nn2)n(C)c1=O. The quantitative estimate of drug-likeness (QED) is 0.120. The van der Waals surface area contributed by atoms with Gasteiger partial charge in [0.05, 0.1) is 39.1 Å². The Bertz CT molecular complexity index is 2180. The third kappa shape index (κ3) is 7.86. The summed E-state index contributed by atoms with van der Waals surface area (Å²) in [6.45, 7) is -0.163. The number of aryl methyl sites for hydroxylation is 1. The molecular weight excluding hydrogens is 685 g/mol. The Hall–Kier alpha value is -4.69. The molecule has 0 amide bonds. The van der Waals surface area contributed by atoms with Crippen molar-refractivity contribution >= 4 is 30.4 Å². The van der Waals surface area contributed by atoms with Gasteiger partial charge in [-0.15, -0.1) is 5.10 Å². The van der Waals surface area contributed by atoms with Crippen LogP contribution in [-0.4, -0.2) is 50.7 Å². The van der Waals surface area contributed by atoms with Crippen LogP contribution in [0.5, 0.6) is 0 Å². The largest absolute Gasteiger partial charge is 0.378 e. The Balaban J connectivity index is 1.28. The maximum atomic E-state index is 14.5. The van der Waals surface area contributed by atoms with Crippen molar-refractivity contribution in [3.05, 3.63) is 146 Å². The van der Waals surface area contributed by atoms with Crippen LogP contribution in [-0.2, 0) is 65.4 Å². The van der Waals surface area contributed by atoms with Gasteiger partial charge in [-0.3, -0.25) is 18.5 Å². The summed E-state index contributed by atoms with van der Waals surface area (Å²) in [7, 11) is -1.40. The zero-order valence-electron chi connectivity index (χ0n) is 27.3. The minimum atomic E-state index is -4.27. The number of hydrogen-bond donors (Lipinski definition) is 1. The number of imidazole rings is 1. The zero-order valence-corrected chi connectivity index (χ0v) is 28.9. The highest BCUT2D eigenvalue weighted by molar-refractivity contribution is 7.54. The first-order valence-corrected chi connectivity index (χ1v) is 17.6. The highest BCUT2D eigenvalue weighted by atomic mass is 35.5. The van der Waals surface area contributed by atoms with Crippen LogP contribution in [0.1, 0.15) is 22.4 Å². The molecule has 0 fully saturated rings. The van der Waals surface area contributed by atoms with Crippen molar-refractivity contribution in [1.29, 1.82) is 0 Å². The van der Waals surface area contributed by atoms with Gasteiger partial charge in [-0.2, -0.15) is 4.98 Å². The molecule has 3 heterocycles. The molecule has 0 aliphatic carbocycles. The molecule has 0 aliphatic rings. The van der Waals surface area contributed by atoms with E-state index in [1.165, 1.54) is 27.9 Å². The number of nitrogens with zero attached hydrogens (tertiary/aromatic N) is 7. The van der Waals surface area contributed by atoms with E-state index in [0.717, 1.165) is 21.3 Å². The van der Waals surface area contributed by atoms with Crippen LogP contribution in [0.25, 0.3) is 11.2 Å². The second-order valence-corrected chi connectivity index (χ2v) is 14.0. The fraction of sp³-hybridized carbons (Fsp3) is 0.265. The molecule has 3 aromatic carbocycles. The van der Waals surface area contributed by atoms with Gasteiger partial charge in [-0.05, 0) is 28.3 Å². The Morgan fingerprint density at radius 2 is 1.36 bits per heavy atom. The molecule has 2 atom stereocenters. The first-order valence-electron chi connectivity index (χ1n) is 15.6. The number of ether oxygens (including phenoxy) is 1. The first kappa shape index (κ1) is 35.1. The highest BCUT2D eigenvalue weighted by Crippen LogP contribution is 2.55. The third-order valence-electron chi connectivity index (χ3n) is 8.05. The number of fused-ring (bicyclic) bond motifs is 1. The van der Waals surface area contributed by atoms with Gasteiger partial charge < -0.3 is 23.5 Å². The number of benzene rings is 3. The van der Waals surface area contributed by atoms with Crippen molar-refractivity contribution < 1.29 is 23.5 Å². The number of hydrogen-bond acceptors (Lipinski definition) is 10. The third-order valence-corrected chi connectivity index (χ3v) is 10.3. The fourth-order valence-electron chi connectivity index (χ4n) is 5.29. The number of aliphatic hydroxyl groups excluding tert-OH is 1. The van der Waals surface area contributed by atoms with E-state index in [4.69, 9.17) is 25.4 Å². The van der Waals surface area contributed by atoms with Gasteiger partial charge in [0.2, 0.25) is 5.28 Å². The summed E-state index contributed by atoms with van der Waals surface area (Å²) in [5, 5.41) is 20.2. The van der Waals surface area contributed by atoms with E-state index in [1.54, 1.807) is 6.20 Å². The van der Waals surface area contributed by atoms with Gasteiger partial charge in [0.1, 0.15) is 11.8 Å². The summed E-state index contributed by atoms with van der Waals surface area (Å²) in [5.74, 6) is -1.73. The monoisotopic (exact) mass is 719 g/mol. The van der Waals surface area contributed by atoms with Gasteiger partial charge >= 0.3 is 13.3 Å². The van der Waals surface area contributed by atoms with E-state index in [-0.39, 0.29) is 49.4 Å². The van der Waals surface area contributed by atoms with Crippen molar-refractivity contribution in [2.45, 2.75) is 44.9 Å². The lowest BCUT2D eigenvalue weighted by Gasteiger charge is -2.29. The van der Waals surface area contributed by atoms with Crippen molar-refractivity contribution in [3.8, 4) is 0 Å². The van der Waals surface area contributed by atoms with Crippen LogP contribution in [0.15, 0.2) is 107 Å². The zero-order chi connectivity index (χ0) is 35.3. The first-order chi connectivity index (χ1) is 24.1. The van der Waals surface area contributed by atoms with E-state index in [2.05, 4.69) is 15.3 Å². The predicted octanol–water partition coefficient (Wildman–Crippen LogP) is 4.26. The Morgan fingerprint density at radius 1 is 0.820 bits per heavy atom. The Kier molecular flexibility index (Phi) is 10.9. The van der Waals surface area contributed by atoms with Gasteiger partial charge in [0.25, 0.3) is 5.56 Å². The summed E-state index contributed by atoms with van der Waals surface area (Å²) in [6, 6.07) is 27.6. The summed E-state index contributed by atoms with van der Waals surface area (Å²) in [4.78, 5) is 29.7. The van der Waals surface area contributed by atoms with Crippen molar-refractivity contribution in [2.24, 2.45) is 14.1 Å². The minimum Gasteiger partial charge on any atom is -0.378 e. The number of aromatic nitrogens is 7. The molecule has 1 N–H and O–H groups in total. The minimum absolute atomic E-state index is 0.000261. The molecule has 16 heteroatoms. The molecule has 0 radical (unpaired) electrons. The van der Waals surface area contributed by atoms with Crippen LogP contribution >= 0.6 is 19.2 Å². The summed E-state index contributed by atoms with van der Waals surface area (Å²) >= 11 is 6.42. The molecular formula is C34H35ClN7O7P. The van der Waals surface area contributed by atoms with Gasteiger partial charge in [-0.25, -0.2) is 9.48 Å². The molecule has 50 heavy (non-hydrogen) atoms. The van der Waals surface area contributed by atoms with E-state index in [9.17, 15) is 19.3 Å². The summed E-state index contributed by atoms with van der Waals surface area (Å²) in [5.41, 5.74) is 1.87. The van der Waals surface area contributed by atoms with Crippen LogP contribution in [0.3, 0.4) is 0 Å². The van der Waals surface area contributed by atoms with Crippen LogP contribution in [0, 0.1) is 0 Å². The van der Waals surface area contributed by atoms with Crippen molar-refractivity contribution in [2.75, 3.05) is 0 Å². The summed E-state index contributed by atoms with van der Waals surface area (Å²) in [6.07, 6.45) is 0.447. The topological polar surface area (TPSA) is 158 Å². The van der Waals surface area contributed by atoms with Gasteiger partial charge in [-0.1, -0.05) is 96.2 Å². The van der Waals surface area contributed by atoms with Crippen molar-refractivity contribution in [3.63, 3.8) is 0 Å². The molecule has 0 saturated heterocycles. The fourth-order valence-corrected chi connectivity index (χ4v) is 7.14. The second-order valence-electron chi connectivity index (χ2n) is 11.6. The molecule has 0 unspecified atom stereocenters. The lowest BCUT2D eigenvalue weighted by atomic mass is 10.2. The number of rotatable bonds is 15. The average Bonchev–Trinajstić information content (AvgIpc) is 3.74. The lowest BCUT2D eigenvalue weighted by molar-refractivity contribution is -0.0384. The molecule has 0 aliphatic heterocycles. The van der Waals surface area contributed by atoms with Gasteiger partial charge in [0, 0.05) is 14.1 Å². The van der Waals surface area contributed by atoms with E-state index in [1.807, 2.05) is 91.0 Å². The Morgan fingerprint density at radius 3 is 1.92 bits per heavy atom.